The predicted octanol–water partition coefficient (Wildman–Crippen LogP) is 2.76. The molecule has 0 fully saturated rings. The summed E-state index contributed by atoms with van der Waals surface area (Å²) in [6, 6.07) is 3.84. The van der Waals surface area contributed by atoms with E-state index >= 15 is 0 Å². The van der Waals surface area contributed by atoms with Crippen LogP contribution in [0.15, 0.2) is 18.2 Å². The van der Waals surface area contributed by atoms with E-state index in [1.165, 1.54) is 12.1 Å². The zero-order valence-electron chi connectivity index (χ0n) is 10.5. The van der Waals surface area contributed by atoms with Gasteiger partial charge in [-0.2, -0.15) is 0 Å². The van der Waals surface area contributed by atoms with Gasteiger partial charge in [0.25, 0.3) is 5.91 Å². The fourth-order valence-electron chi connectivity index (χ4n) is 1.59. The summed E-state index contributed by atoms with van der Waals surface area (Å²) in [5, 5.41) is 12.0. The van der Waals surface area contributed by atoms with Crippen molar-refractivity contribution in [2.24, 2.45) is 0 Å². The molecule has 1 aromatic carbocycles. The number of benzene rings is 1. The molecule has 1 aromatic rings. The Hall–Kier alpha value is -1.13. The molecular formula is C13H17ClFNO2. The molecule has 0 aliphatic carbocycles. The fraction of sp³-hybridized carbons (Fsp3) is 0.462. The summed E-state index contributed by atoms with van der Waals surface area (Å²) in [4.78, 5) is 12.0. The maximum absolute atomic E-state index is 13.5. The first kappa shape index (κ1) is 14.9. The second-order valence-electron chi connectivity index (χ2n) is 4.47. The highest BCUT2D eigenvalue weighted by molar-refractivity contribution is 6.31. The molecule has 0 radical (unpaired) electrons. The third-order valence-corrected chi connectivity index (χ3v) is 3.27. The third-order valence-electron chi connectivity index (χ3n) is 3.03. The van der Waals surface area contributed by atoms with Crippen molar-refractivity contribution in [3.63, 3.8) is 0 Å². The van der Waals surface area contributed by atoms with Crippen molar-refractivity contribution < 1.29 is 14.3 Å². The zero-order valence-corrected chi connectivity index (χ0v) is 11.2. The molecule has 5 heteroatoms. The first-order chi connectivity index (χ1) is 8.41. The minimum atomic E-state index is -0.612. The first-order valence-electron chi connectivity index (χ1n) is 5.80. The summed E-state index contributed by atoms with van der Waals surface area (Å²) < 4.78 is 13.5. The number of halogens is 2. The minimum absolute atomic E-state index is 0.0390. The summed E-state index contributed by atoms with van der Waals surface area (Å²) in [6.07, 6.45) is 1.05. The van der Waals surface area contributed by atoms with Crippen LogP contribution in [0.2, 0.25) is 5.02 Å². The molecule has 0 saturated carbocycles. The summed E-state index contributed by atoms with van der Waals surface area (Å²) >= 11 is 5.74. The first-order valence-corrected chi connectivity index (χ1v) is 6.18. The number of aliphatic hydroxyl groups excluding tert-OH is 1. The summed E-state index contributed by atoms with van der Waals surface area (Å²) in [6.45, 7) is 3.66. The molecule has 0 aromatic heterocycles. The van der Waals surface area contributed by atoms with Crippen molar-refractivity contribution in [3.8, 4) is 0 Å². The Morgan fingerprint density at radius 1 is 1.56 bits per heavy atom. The van der Waals surface area contributed by atoms with Crippen LogP contribution in [0.4, 0.5) is 4.39 Å². The number of aliphatic hydroxyl groups is 1. The van der Waals surface area contributed by atoms with Crippen LogP contribution in [-0.2, 0) is 0 Å². The van der Waals surface area contributed by atoms with Crippen LogP contribution < -0.4 is 5.32 Å². The van der Waals surface area contributed by atoms with Gasteiger partial charge < -0.3 is 10.4 Å². The number of hydrogen-bond acceptors (Lipinski definition) is 2. The van der Waals surface area contributed by atoms with Gasteiger partial charge in [-0.05, 0) is 38.0 Å². The van der Waals surface area contributed by atoms with Crippen LogP contribution in [0.1, 0.15) is 37.0 Å². The van der Waals surface area contributed by atoms with Gasteiger partial charge in [-0.1, -0.05) is 18.5 Å². The Kier molecular flexibility index (Phi) is 5.11. The Balaban J connectivity index is 2.90. The van der Waals surface area contributed by atoms with Gasteiger partial charge in [0.2, 0.25) is 0 Å². The summed E-state index contributed by atoms with van der Waals surface area (Å²) in [5.41, 5.74) is -0.638. The Morgan fingerprint density at radius 2 is 2.22 bits per heavy atom. The lowest BCUT2D eigenvalue weighted by atomic mass is 9.94. The molecule has 1 atom stereocenters. The average Bonchev–Trinajstić information content (AvgIpc) is 2.32. The Bertz CT molecular complexity index is 439. The van der Waals surface area contributed by atoms with E-state index in [1.54, 1.807) is 0 Å². The van der Waals surface area contributed by atoms with Crippen molar-refractivity contribution in [3.05, 3.63) is 34.6 Å². The quantitative estimate of drug-likeness (QED) is 0.867. The molecule has 3 nitrogen and oxygen atoms in total. The lowest BCUT2D eigenvalue weighted by molar-refractivity contribution is 0.0882. The minimum Gasteiger partial charge on any atom is -0.396 e. The molecule has 0 bridgehead atoms. The molecule has 1 amide bonds. The average molecular weight is 274 g/mol. The van der Waals surface area contributed by atoms with Gasteiger partial charge in [-0.3, -0.25) is 4.79 Å². The van der Waals surface area contributed by atoms with Crippen LogP contribution in [-0.4, -0.2) is 23.2 Å². The van der Waals surface area contributed by atoms with Crippen LogP contribution in [0, 0.1) is 5.82 Å². The Labute approximate surface area is 111 Å². The Morgan fingerprint density at radius 3 is 2.78 bits per heavy atom. The van der Waals surface area contributed by atoms with Crippen LogP contribution in [0.3, 0.4) is 0 Å². The van der Waals surface area contributed by atoms with Gasteiger partial charge in [0.15, 0.2) is 0 Å². The van der Waals surface area contributed by atoms with Crippen molar-refractivity contribution in [2.45, 2.75) is 32.2 Å². The second kappa shape index (κ2) is 6.16. The number of rotatable bonds is 5. The second-order valence-corrected chi connectivity index (χ2v) is 4.90. The van der Waals surface area contributed by atoms with E-state index < -0.39 is 17.3 Å². The number of carbonyl (C=O) groups is 1. The lowest BCUT2D eigenvalue weighted by Crippen LogP contribution is -2.46. The largest absolute Gasteiger partial charge is 0.396 e. The van der Waals surface area contributed by atoms with Crippen LogP contribution in [0.5, 0.6) is 0 Å². The van der Waals surface area contributed by atoms with E-state index in [9.17, 15) is 9.18 Å². The predicted molar refractivity (Wildman–Crippen MR) is 69.3 cm³/mol. The van der Waals surface area contributed by atoms with E-state index in [2.05, 4.69) is 5.32 Å². The normalized spacial score (nSPS) is 14.1. The number of hydrogen-bond donors (Lipinski definition) is 2. The van der Waals surface area contributed by atoms with Crippen molar-refractivity contribution >= 4 is 17.5 Å². The number of nitrogens with one attached hydrogen (secondary N) is 1. The zero-order chi connectivity index (χ0) is 13.8. The monoisotopic (exact) mass is 273 g/mol. The molecule has 0 aliphatic heterocycles. The van der Waals surface area contributed by atoms with Gasteiger partial charge in [0.05, 0.1) is 5.56 Å². The molecule has 18 heavy (non-hydrogen) atoms. The van der Waals surface area contributed by atoms with E-state index in [0.29, 0.717) is 17.9 Å². The molecule has 2 N–H and O–H groups in total. The van der Waals surface area contributed by atoms with E-state index in [1.807, 2.05) is 13.8 Å². The van der Waals surface area contributed by atoms with Gasteiger partial charge in [0, 0.05) is 17.2 Å². The maximum atomic E-state index is 13.5. The van der Waals surface area contributed by atoms with Gasteiger partial charge in [-0.15, -0.1) is 0 Å². The van der Waals surface area contributed by atoms with E-state index in [-0.39, 0.29) is 12.2 Å². The highest BCUT2D eigenvalue weighted by Gasteiger charge is 2.25. The third kappa shape index (κ3) is 3.68. The van der Waals surface area contributed by atoms with E-state index in [0.717, 1.165) is 6.07 Å². The molecule has 1 rings (SSSR count). The van der Waals surface area contributed by atoms with Crippen molar-refractivity contribution in [1.82, 2.24) is 5.32 Å². The van der Waals surface area contributed by atoms with Crippen LogP contribution >= 0.6 is 11.6 Å². The van der Waals surface area contributed by atoms with Gasteiger partial charge in [-0.25, -0.2) is 4.39 Å². The summed E-state index contributed by atoms with van der Waals surface area (Å²) in [5.74, 6) is -1.13. The van der Waals surface area contributed by atoms with Crippen molar-refractivity contribution in [1.29, 1.82) is 0 Å². The van der Waals surface area contributed by atoms with E-state index in [4.69, 9.17) is 16.7 Å². The number of carbonyl (C=O) groups excluding carboxylic acids is 1. The molecule has 100 valence electrons. The molecule has 0 saturated heterocycles. The SMILES string of the molecule is CCC(C)(CCO)NC(=O)c1cc(Cl)ccc1F. The molecule has 0 aliphatic rings. The highest BCUT2D eigenvalue weighted by Crippen LogP contribution is 2.18. The van der Waals surface area contributed by atoms with Crippen LogP contribution in [0.25, 0.3) is 0 Å². The summed E-state index contributed by atoms with van der Waals surface area (Å²) in [7, 11) is 0. The van der Waals surface area contributed by atoms with Gasteiger partial charge in [0.1, 0.15) is 5.82 Å². The lowest BCUT2D eigenvalue weighted by Gasteiger charge is -2.29. The smallest absolute Gasteiger partial charge is 0.254 e. The molecular weight excluding hydrogens is 257 g/mol. The fourth-order valence-corrected chi connectivity index (χ4v) is 1.76. The maximum Gasteiger partial charge on any atom is 0.254 e. The van der Waals surface area contributed by atoms with Crippen molar-refractivity contribution in [2.75, 3.05) is 6.61 Å². The number of amides is 1. The van der Waals surface area contributed by atoms with Gasteiger partial charge >= 0.3 is 0 Å². The topological polar surface area (TPSA) is 49.3 Å². The molecule has 0 spiro atoms. The standard InChI is InChI=1S/C13H17ClFNO2/c1-3-13(2,6-7-17)16-12(18)10-8-9(14)4-5-11(10)15/h4-5,8,17H,3,6-7H2,1-2H3,(H,16,18). The molecule has 1 unspecified atom stereocenters. The molecule has 0 heterocycles. The highest BCUT2D eigenvalue weighted by atomic mass is 35.5.